The molecule has 3 heteroatoms. The second-order valence-corrected chi connectivity index (χ2v) is 9.00. The number of carboxylic acid groups (broad SMARTS) is 1. The van der Waals surface area contributed by atoms with Crippen LogP contribution in [0.15, 0.2) is 36.4 Å². The summed E-state index contributed by atoms with van der Waals surface area (Å²) < 4.78 is 0. The Morgan fingerprint density at radius 2 is 1.25 bits per heavy atom. The molecule has 0 spiro atoms. The van der Waals surface area contributed by atoms with Gasteiger partial charge in [-0.3, -0.25) is 0 Å². The smallest absolute Gasteiger partial charge is 0.335 e. The van der Waals surface area contributed by atoms with Crippen molar-refractivity contribution in [3.8, 4) is 16.9 Å². The molecule has 0 heterocycles. The van der Waals surface area contributed by atoms with Crippen molar-refractivity contribution in [3.63, 3.8) is 0 Å². The van der Waals surface area contributed by atoms with Crippen molar-refractivity contribution >= 4 is 5.97 Å². The minimum atomic E-state index is -1.13. The normalized spacial score (nSPS) is 11.1. The summed E-state index contributed by atoms with van der Waals surface area (Å²) in [7, 11) is 0. The number of unbranched alkanes of at least 4 members (excludes halogenated alkanes) is 10. The second-order valence-electron chi connectivity index (χ2n) is 9.00. The lowest BCUT2D eigenvalue weighted by Crippen LogP contribution is -2.07. The van der Waals surface area contributed by atoms with Crippen LogP contribution in [0, 0.1) is 0 Å². The third kappa shape index (κ3) is 8.33. The van der Waals surface area contributed by atoms with E-state index in [2.05, 4.69) is 32.0 Å². The number of hydrogen-bond acceptors (Lipinski definition) is 2. The predicted octanol–water partition coefficient (Wildman–Crippen LogP) is 7.93. The number of aryl methyl sites for hydroxylation is 2. The Morgan fingerprint density at radius 3 is 1.84 bits per heavy atom. The van der Waals surface area contributed by atoms with Crippen LogP contribution in [0.1, 0.15) is 112 Å². The van der Waals surface area contributed by atoms with Crippen molar-refractivity contribution < 1.29 is 15.0 Å². The fraction of sp³-hybridized carbons (Fsp3) is 0.552. The van der Waals surface area contributed by atoms with Gasteiger partial charge in [0.1, 0.15) is 0 Å². The molecule has 2 aromatic rings. The summed E-state index contributed by atoms with van der Waals surface area (Å²) in [6, 6.07) is 11.5. The van der Waals surface area contributed by atoms with Gasteiger partial charge in [0.2, 0.25) is 0 Å². The van der Waals surface area contributed by atoms with Gasteiger partial charge in [0, 0.05) is 0 Å². The van der Waals surface area contributed by atoms with Crippen LogP contribution in [0.5, 0.6) is 5.75 Å². The fourth-order valence-corrected chi connectivity index (χ4v) is 4.44. The Bertz CT molecular complexity index is 825. The summed E-state index contributed by atoms with van der Waals surface area (Å²) in [6.07, 6.45) is 16.4. The van der Waals surface area contributed by atoms with Gasteiger partial charge in [0.15, 0.2) is 0 Å². The number of carboxylic acids is 1. The largest absolute Gasteiger partial charge is 0.872 e. The third-order valence-electron chi connectivity index (χ3n) is 6.34. The van der Waals surface area contributed by atoms with Crippen LogP contribution in [0.2, 0.25) is 0 Å². The van der Waals surface area contributed by atoms with Gasteiger partial charge in [-0.25, -0.2) is 4.79 Å². The van der Waals surface area contributed by atoms with Gasteiger partial charge in [-0.15, -0.1) is 0 Å². The van der Waals surface area contributed by atoms with Gasteiger partial charge in [0.05, 0.1) is 5.56 Å². The Morgan fingerprint density at radius 1 is 0.719 bits per heavy atom. The van der Waals surface area contributed by atoms with E-state index in [1.165, 1.54) is 63.4 Å². The van der Waals surface area contributed by atoms with Crippen molar-refractivity contribution in [3.05, 3.63) is 53.1 Å². The molecule has 0 atom stereocenters. The van der Waals surface area contributed by atoms with Crippen molar-refractivity contribution in [2.75, 3.05) is 0 Å². The monoisotopic (exact) mass is 437 g/mol. The lowest BCUT2D eigenvalue weighted by Gasteiger charge is -2.20. The molecule has 0 saturated carbocycles. The maximum Gasteiger partial charge on any atom is 0.335 e. The van der Waals surface area contributed by atoms with E-state index in [0.29, 0.717) is 0 Å². The number of aromatic carboxylic acids is 1. The summed E-state index contributed by atoms with van der Waals surface area (Å²) in [4.78, 5) is 11.6. The minimum absolute atomic E-state index is 0.108. The van der Waals surface area contributed by atoms with Gasteiger partial charge in [0.25, 0.3) is 0 Å². The second kappa shape index (κ2) is 14.7. The minimum Gasteiger partial charge on any atom is -0.872 e. The van der Waals surface area contributed by atoms with Crippen LogP contribution < -0.4 is 5.11 Å². The van der Waals surface area contributed by atoms with Crippen molar-refractivity contribution in [1.82, 2.24) is 0 Å². The third-order valence-corrected chi connectivity index (χ3v) is 6.34. The van der Waals surface area contributed by atoms with E-state index in [0.717, 1.165) is 48.8 Å². The molecule has 176 valence electrons. The van der Waals surface area contributed by atoms with E-state index >= 15 is 0 Å². The van der Waals surface area contributed by atoms with E-state index in [1.54, 1.807) is 12.1 Å². The molecule has 1 N–H and O–H groups in total. The van der Waals surface area contributed by atoms with Gasteiger partial charge >= 0.3 is 5.97 Å². The van der Waals surface area contributed by atoms with Crippen LogP contribution >= 0.6 is 0 Å². The quantitative estimate of drug-likeness (QED) is 0.271. The highest BCUT2D eigenvalue weighted by molar-refractivity contribution is 5.92. The molecule has 0 bridgehead atoms. The zero-order valence-electron chi connectivity index (χ0n) is 20.1. The number of hydrogen-bond donors (Lipinski definition) is 1. The maximum atomic E-state index is 12.5. The topological polar surface area (TPSA) is 60.4 Å². The predicted molar refractivity (Wildman–Crippen MR) is 132 cm³/mol. The lowest BCUT2D eigenvalue weighted by molar-refractivity contribution is -0.268. The molecule has 0 aliphatic rings. The molecule has 0 unspecified atom stereocenters. The molecule has 0 saturated heterocycles. The fourth-order valence-electron chi connectivity index (χ4n) is 4.44. The molecule has 2 rings (SSSR count). The van der Waals surface area contributed by atoms with Crippen molar-refractivity contribution in [2.24, 2.45) is 0 Å². The summed E-state index contributed by atoms with van der Waals surface area (Å²) in [5.41, 5.74) is 4.16. The first-order valence-corrected chi connectivity index (χ1v) is 12.7. The average Bonchev–Trinajstić information content (AvgIpc) is 2.79. The molecule has 0 aliphatic carbocycles. The molecular weight excluding hydrogens is 396 g/mol. The van der Waals surface area contributed by atoms with Crippen LogP contribution in [0.4, 0.5) is 0 Å². The van der Waals surface area contributed by atoms with Gasteiger partial charge < -0.3 is 10.2 Å². The van der Waals surface area contributed by atoms with E-state index in [4.69, 9.17) is 0 Å². The molecule has 0 amide bonds. The highest BCUT2D eigenvalue weighted by Crippen LogP contribution is 2.33. The van der Waals surface area contributed by atoms with Crippen LogP contribution in [0.3, 0.4) is 0 Å². The van der Waals surface area contributed by atoms with Crippen LogP contribution in [-0.4, -0.2) is 11.1 Å². The zero-order valence-corrected chi connectivity index (χ0v) is 20.1. The summed E-state index contributed by atoms with van der Waals surface area (Å²) in [6.45, 7) is 4.45. The summed E-state index contributed by atoms with van der Waals surface area (Å²) in [5, 5.41) is 22.0. The molecule has 2 aromatic carbocycles. The van der Waals surface area contributed by atoms with Gasteiger partial charge in [-0.05, 0) is 54.0 Å². The molecule has 0 aliphatic heterocycles. The highest BCUT2D eigenvalue weighted by Gasteiger charge is 2.14. The standard InChI is InChI=1S/C29H42O3/c1-3-5-7-9-11-13-17-23-18-15-16-20-25(23)26-22-28(30)27(29(31)32)21-24(26)19-14-12-10-8-6-4-2/h15-16,18,20-22,30H,3-14,17,19H2,1-2H3,(H,31,32)/p-1. The number of carbonyl (C=O) groups is 1. The summed E-state index contributed by atoms with van der Waals surface area (Å²) >= 11 is 0. The number of benzene rings is 2. The maximum absolute atomic E-state index is 12.5. The molecule has 0 fully saturated rings. The average molecular weight is 438 g/mol. The van der Waals surface area contributed by atoms with Crippen LogP contribution in [-0.2, 0) is 12.8 Å². The summed E-state index contributed by atoms with van der Waals surface area (Å²) in [5.74, 6) is -1.53. The van der Waals surface area contributed by atoms with Crippen molar-refractivity contribution in [2.45, 2.75) is 104 Å². The van der Waals surface area contributed by atoms with E-state index in [-0.39, 0.29) is 5.56 Å². The van der Waals surface area contributed by atoms with E-state index in [1.807, 2.05) is 6.07 Å². The van der Waals surface area contributed by atoms with E-state index < -0.39 is 11.7 Å². The number of rotatable bonds is 16. The van der Waals surface area contributed by atoms with Crippen LogP contribution in [0.25, 0.3) is 11.1 Å². The van der Waals surface area contributed by atoms with Gasteiger partial charge in [-0.2, -0.15) is 0 Å². The molecule has 3 nitrogen and oxygen atoms in total. The zero-order chi connectivity index (χ0) is 23.2. The molecular formula is C29H41O3-. The highest BCUT2D eigenvalue weighted by atomic mass is 16.4. The molecule has 32 heavy (non-hydrogen) atoms. The lowest BCUT2D eigenvalue weighted by atomic mass is 9.89. The Kier molecular flexibility index (Phi) is 11.9. The van der Waals surface area contributed by atoms with Gasteiger partial charge in [-0.1, -0.05) is 114 Å². The molecule has 0 aromatic heterocycles. The first kappa shape index (κ1) is 26.0. The van der Waals surface area contributed by atoms with Crippen molar-refractivity contribution in [1.29, 1.82) is 0 Å². The Hall–Kier alpha value is -2.29. The Balaban J connectivity index is 2.19. The molecule has 0 radical (unpaired) electrons. The van der Waals surface area contributed by atoms with E-state index in [9.17, 15) is 15.0 Å². The Labute approximate surface area is 194 Å². The SMILES string of the molecule is CCCCCCCCc1ccccc1-c1cc([O-])c(C(=O)O)cc1CCCCCCCC. The first-order chi connectivity index (χ1) is 15.6. The first-order valence-electron chi connectivity index (χ1n) is 12.7.